The number of nitrogens with one attached hydrogen (secondary N) is 1. The average Bonchev–Trinajstić information content (AvgIpc) is 2.76. The molecule has 0 aliphatic carbocycles. The number of nitrogens with zero attached hydrogens (tertiary/aromatic N) is 2. The Morgan fingerprint density at radius 1 is 1.50 bits per heavy atom. The average molecular weight is 314 g/mol. The lowest BCUT2D eigenvalue weighted by atomic mass is 10.3. The number of rotatable bonds is 4. The van der Waals surface area contributed by atoms with Gasteiger partial charge in [-0.05, 0) is 25.1 Å². The van der Waals surface area contributed by atoms with Crippen LogP contribution in [0.5, 0.6) is 0 Å². The molecule has 20 heavy (non-hydrogen) atoms. The largest absolute Gasteiger partial charge is 0.480 e. The van der Waals surface area contributed by atoms with Crippen molar-refractivity contribution in [1.82, 2.24) is 9.88 Å². The fraction of sp³-hybridized carbons (Fsp3) is 0.250. The van der Waals surface area contributed by atoms with Gasteiger partial charge in [0.05, 0.1) is 10.2 Å². The second-order valence-electron chi connectivity index (χ2n) is 3.97. The monoisotopic (exact) mass is 313 g/mol. The SMILES string of the molecule is CCN(CC(=O)O)C(=O)Nc1nc2ccc(Cl)cc2s1. The minimum atomic E-state index is -1.06. The van der Waals surface area contributed by atoms with Crippen LogP contribution in [-0.4, -0.2) is 40.1 Å². The first kappa shape index (κ1) is 14.5. The number of halogens is 1. The van der Waals surface area contributed by atoms with E-state index in [0.717, 1.165) is 10.2 Å². The van der Waals surface area contributed by atoms with Gasteiger partial charge in [0.15, 0.2) is 5.13 Å². The molecule has 0 aliphatic heterocycles. The molecule has 2 aromatic rings. The minimum absolute atomic E-state index is 0.300. The number of carboxylic acid groups (broad SMARTS) is 1. The van der Waals surface area contributed by atoms with Crippen LogP contribution >= 0.6 is 22.9 Å². The van der Waals surface area contributed by atoms with E-state index in [9.17, 15) is 9.59 Å². The van der Waals surface area contributed by atoms with Gasteiger partial charge < -0.3 is 10.0 Å². The van der Waals surface area contributed by atoms with Gasteiger partial charge in [0, 0.05) is 11.6 Å². The summed E-state index contributed by atoms with van der Waals surface area (Å²) in [7, 11) is 0. The number of carbonyl (C=O) groups excluding carboxylic acids is 1. The highest BCUT2D eigenvalue weighted by Gasteiger charge is 2.16. The fourth-order valence-electron chi connectivity index (χ4n) is 1.61. The van der Waals surface area contributed by atoms with E-state index in [0.29, 0.717) is 16.7 Å². The number of fused-ring (bicyclic) bond motifs is 1. The molecule has 2 N–H and O–H groups in total. The maximum absolute atomic E-state index is 11.9. The first-order valence-electron chi connectivity index (χ1n) is 5.83. The van der Waals surface area contributed by atoms with Crippen molar-refractivity contribution < 1.29 is 14.7 Å². The third kappa shape index (κ3) is 3.37. The lowest BCUT2D eigenvalue weighted by molar-refractivity contribution is -0.137. The van der Waals surface area contributed by atoms with Crippen LogP contribution in [-0.2, 0) is 4.79 Å². The van der Waals surface area contributed by atoms with Crippen LogP contribution in [0.3, 0.4) is 0 Å². The molecular weight excluding hydrogens is 302 g/mol. The number of benzene rings is 1. The summed E-state index contributed by atoms with van der Waals surface area (Å²) in [5.41, 5.74) is 0.732. The zero-order chi connectivity index (χ0) is 14.7. The van der Waals surface area contributed by atoms with Crippen LogP contribution in [0, 0.1) is 0 Å². The van der Waals surface area contributed by atoms with E-state index in [1.165, 1.54) is 16.2 Å². The van der Waals surface area contributed by atoms with Gasteiger partial charge in [0.1, 0.15) is 6.54 Å². The molecule has 6 nitrogen and oxygen atoms in total. The van der Waals surface area contributed by atoms with E-state index >= 15 is 0 Å². The van der Waals surface area contributed by atoms with Crippen LogP contribution in [0.25, 0.3) is 10.2 Å². The van der Waals surface area contributed by atoms with Crippen LogP contribution in [0.15, 0.2) is 18.2 Å². The van der Waals surface area contributed by atoms with Gasteiger partial charge in [-0.2, -0.15) is 0 Å². The Hall–Kier alpha value is -1.86. The summed E-state index contributed by atoms with van der Waals surface area (Å²) >= 11 is 7.17. The van der Waals surface area contributed by atoms with Crippen molar-refractivity contribution in [3.63, 3.8) is 0 Å². The van der Waals surface area contributed by atoms with Crippen molar-refractivity contribution in [2.24, 2.45) is 0 Å². The summed E-state index contributed by atoms with van der Waals surface area (Å²) < 4.78 is 0.856. The zero-order valence-corrected chi connectivity index (χ0v) is 12.2. The van der Waals surface area contributed by atoms with Gasteiger partial charge >= 0.3 is 12.0 Å². The lowest BCUT2D eigenvalue weighted by Gasteiger charge is -2.17. The van der Waals surface area contributed by atoms with Crippen molar-refractivity contribution in [2.75, 3.05) is 18.4 Å². The standard InChI is InChI=1S/C12H12ClN3O3S/c1-2-16(6-10(17)18)12(19)15-11-14-8-4-3-7(13)5-9(8)20-11/h3-5H,2,6H2,1H3,(H,17,18)(H,14,15,19). The molecule has 1 aromatic heterocycles. The summed E-state index contributed by atoms with van der Waals surface area (Å²) in [5, 5.41) is 12.3. The molecule has 0 radical (unpaired) electrons. The summed E-state index contributed by atoms with van der Waals surface area (Å²) in [4.78, 5) is 28.0. The number of amides is 2. The number of urea groups is 1. The highest BCUT2D eigenvalue weighted by molar-refractivity contribution is 7.22. The maximum Gasteiger partial charge on any atom is 0.324 e. The number of hydrogen-bond donors (Lipinski definition) is 2. The minimum Gasteiger partial charge on any atom is -0.480 e. The number of hydrogen-bond acceptors (Lipinski definition) is 4. The maximum atomic E-state index is 11.9. The number of aliphatic carboxylic acids is 1. The van der Waals surface area contributed by atoms with E-state index in [-0.39, 0.29) is 6.54 Å². The fourth-order valence-corrected chi connectivity index (χ4v) is 2.74. The molecule has 0 saturated heterocycles. The van der Waals surface area contributed by atoms with E-state index < -0.39 is 12.0 Å². The highest BCUT2D eigenvalue weighted by atomic mass is 35.5. The Labute approximate surface area is 124 Å². The van der Waals surface area contributed by atoms with Crippen LogP contribution < -0.4 is 5.32 Å². The molecule has 0 unspecified atom stereocenters. The summed E-state index contributed by atoms with van der Waals surface area (Å²) in [6, 6.07) is 4.76. The van der Waals surface area contributed by atoms with E-state index in [1.54, 1.807) is 25.1 Å². The first-order chi connectivity index (χ1) is 9.49. The smallest absolute Gasteiger partial charge is 0.324 e. The molecule has 0 saturated carbocycles. The van der Waals surface area contributed by atoms with Crippen molar-refractivity contribution in [3.05, 3.63) is 23.2 Å². The summed E-state index contributed by atoms with van der Waals surface area (Å²) in [6.45, 7) is 1.66. The molecule has 0 aliphatic rings. The van der Waals surface area contributed by atoms with Crippen LogP contribution in [0.2, 0.25) is 5.02 Å². The third-order valence-electron chi connectivity index (χ3n) is 2.56. The highest BCUT2D eigenvalue weighted by Crippen LogP contribution is 2.28. The molecule has 1 heterocycles. The van der Waals surface area contributed by atoms with Gasteiger partial charge in [-0.25, -0.2) is 9.78 Å². The van der Waals surface area contributed by atoms with Crippen molar-refractivity contribution in [3.8, 4) is 0 Å². The predicted molar refractivity (Wildman–Crippen MR) is 78.5 cm³/mol. The van der Waals surface area contributed by atoms with Crippen LogP contribution in [0.1, 0.15) is 6.92 Å². The van der Waals surface area contributed by atoms with E-state index in [1.807, 2.05) is 0 Å². The molecule has 0 bridgehead atoms. The summed E-state index contributed by atoms with van der Waals surface area (Å²) in [5.74, 6) is -1.06. The quantitative estimate of drug-likeness (QED) is 0.909. The number of likely N-dealkylation sites (N-methyl/N-ethyl adjacent to an activating group) is 1. The first-order valence-corrected chi connectivity index (χ1v) is 7.03. The predicted octanol–water partition coefficient (Wildman–Crippen LogP) is 2.89. The molecular formula is C12H12ClN3O3S. The number of aromatic nitrogens is 1. The zero-order valence-electron chi connectivity index (χ0n) is 10.6. The van der Waals surface area contributed by atoms with Crippen molar-refractivity contribution in [2.45, 2.75) is 6.92 Å². The molecule has 106 valence electrons. The second-order valence-corrected chi connectivity index (χ2v) is 5.44. The van der Waals surface area contributed by atoms with E-state index in [4.69, 9.17) is 16.7 Å². The van der Waals surface area contributed by atoms with Gasteiger partial charge in [-0.3, -0.25) is 10.1 Å². The Balaban J connectivity index is 2.14. The van der Waals surface area contributed by atoms with Gasteiger partial charge in [0.25, 0.3) is 0 Å². The topological polar surface area (TPSA) is 82.5 Å². The number of thiazole rings is 1. The molecule has 0 atom stereocenters. The number of carboxylic acids is 1. The van der Waals surface area contributed by atoms with E-state index in [2.05, 4.69) is 10.3 Å². The van der Waals surface area contributed by atoms with Gasteiger partial charge in [-0.1, -0.05) is 22.9 Å². The lowest BCUT2D eigenvalue weighted by Crippen LogP contribution is -2.38. The molecule has 0 spiro atoms. The molecule has 2 rings (SSSR count). The summed E-state index contributed by atoms with van der Waals surface area (Å²) in [6.07, 6.45) is 0. The third-order valence-corrected chi connectivity index (χ3v) is 3.73. The Morgan fingerprint density at radius 2 is 2.25 bits per heavy atom. The molecule has 1 aromatic carbocycles. The van der Waals surface area contributed by atoms with Crippen LogP contribution in [0.4, 0.5) is 9.93 Å². The van der Waals surface area contributed by atoms with Gasteiger partial charge in [0.2, 0.25) is 0 Å². The number of anilines is 1. The molecule has 8 heteroatoms. The van der Waals surface area contributed by atoms with Crippen molar-refractivity contribution in [1.29, 1.82) is 0 Å². The van der Waals surface area contributed by atoms with Crippen molar-refractivity contribution >= 4 is 50.3 Å². The number of carbonyl (C=O) groups is 2. The Morgan fingerprint density at radius 3 is 2.90 bits per heavy atom. The Kier molecular flexibility index (Phi) is 4.41. The Bertz CT molecular complexity index is 658. The second kappa shape index (κ2) is 6.06. The van der Waals surface area contributed by atoms with Gasteiger partial charge in [-0.15, -0.1) is 0 Å². The molecule has 0 fully saturated rings. The molecule has 2 amide bonds. The normalized spacial score (nSPS) is 10.5.